The van der Waals surface area contributed by atoms with Gasteiger partial charge >= 0.3 is 0 Å². The highest BCUT2D eigenvalue weighted by molar-refractivity contribution is 6.04. The summed E-state index contributed by atoms with van der Waals surface area (Å²) in [5.41, 5.74) is 15.2. The molecule has 8 aromatic carbocycles. The highest BCUT2D eigenvalue weighted by Crippen LogP contribution is 2.52. The van der Waals surface area contributed by atoms with Gasteiger partial charge in [0, 0.05) is 22.1 Å². The van der Waals surface area contributed by atoms with Gasteiger partial charge in [-0.2, -0.15) is 0 Å². The second-order valence-electron chi connectivity index (χ2n) is 14.6. The SMILES string of the molecule is CC1(C)c2ccc(-c3ccc(-c4ccc(-c5nc(-c6ccccc6)cc(-c6ccccc6)n5)c5ccccc45)cc3)cc2-c2ccc3ccccc3c21. The molecule has 10 rings (SSSR count). The van der Waals surface area contributed by atoms with Gasteiger partial charge in [-0.1, -0.05) is 178 Å². The number of fused-ring (bicyclic) bond motifs is 6. The molecule has 1 aliphatic carbocycles. The van der Waals surface area contributed by atoms with Crippen molar-refractivity contribution in [2.24, 2.45) is 0 Å². The fourth-order valence-electron chi connectivity index (χ4n) is 8.46. The molecule has 250 valence electrons. The maximum absolute atomic E-state index is 5.15. The van der Waals surface area contributed by atoms with Gasteiger partial charge in [0.05, 0.1) is 11.4 Å². The molecule has 2 heteroatoms. The average Bonchev–Trinajstić information content (AvgIpc) is 3.46. The molecule has 0 saturated carbocycles. The van der Waals surface area contributed by atoms with Crippen LogP contribution in [-0.2, 0) is 5.41 Å². The standard InChI is InChI=1S/C51H36N2/c1-51(2)46-30-26-38(31-45(46)43-27-25-34-13-9-10-18-40(34)49(43)51)33-21-23-35(24-22-33)39-28-29-44(42-20-12-11-19-41(39)42)50-52-47(36-14-5-3-6-15-36)32-48(53-50)37-16-7-4-8-17-37/h3-32H,1-2H3. The third-order valence-electron chi connectivity index (χ3n) is 11.1. The van der Waals surface area contributed by atoms with Crippen LogP contribution in [0.15, 0.2) is 182 Å². The molecule has 0 bridgehead atoms. The zero-order chi connectivity index (χ0) is 35.5. The van der Waals surface area contributed by atoms with E-state index < -0.39 is 0 Å². The molecule has 1 aromatic heterocycles. The van der Waals surface area contributed by atoms with Crippen LogP contribution < -0.4 is 0 Å². The lowest BCUT2D eigenvalue weighted by molar-refractivity contribution is 0.666. The number of aromatic nitrogens is 2. The van der Waals surface area contributed by atoms with E-state index in [9.17, 15) is 0 Å². The number of rotatable bonds is 5. The van der Waals surface area contributed by atoms with Crippen LogP contribution in [0.25, 0.3) is 88.8 Å². The Hall–Kier alpha value is -6.64. The summed E-state index contributed by atoms with van der Waals surface area (Å²) in [6, 6.07) is 65.3. The van der Waals surface area contributed by atoms with Gasteiger partial charge in [-0.15, -0.1) is 0 Å². The smallest absolute Gasteiger partial charge is 0.161 e. The van der Waals surface area contributed by atoms with Crippen molar-refractivity contribution in [1.82, 2.24) is 9.97 Å². The van der Waals surface area contributed by atoms with E-state index in [-0.39, 0.29) is 5.41 Å². The first-order chi connectivity index (χ1) is 26.0. The van der Waals surface area contributed by atoms with E-state index in [2.05, 4.69) is 184 Å². The van der Waals surface area contributed by atoms with Crippen LogP contribution in [-0.4, -0.2) is 9.97 Å². The van der Waals surface area contributed by atoms with Crippen LogP contribution in [0.4, 0.5) is 0 Å². The van der Waals surface area contributed by atoms with Crippen molar-refractivity contribution in [2.75, 3.05) is 0 Å². The predicted molar refractivity (Wildman–Crippen MR) is 222 cm³/mol. The van der Waals surface area contributed by atoms with Gasteiger partial charge in [0.15, 0.2) is 5.82 Å². The maximum Gasteiger partial charge on any atom is 0.161 e. The third-order valence-corrected chi connectivity index (χ3v) is 11.1. The fourth-order valence-corrected chi connectivity index (χ4v) is 8.46. The van der Waals surface area contributed by atoms with E-state index in [0.717, 1.165) is 39.3 Å². The molecule has 9 aromatic rings. The Morgan fingerprint density at radius 1 is 0.358 bits per heavy atom. The molecule has 1 heterocycles. The van der Waals surface area contributed by atoms with Crippen molar-refractivity contribution < 1.29 is 0 Å². The Bertz CT molecular complexity index is 2780. The quantitative estimate of drug-likeness (QED) is 0.181. The molecule has 0 aliphatic heterocycles. The number of hydrogen-bond acceptors (Lipinski definition) is 2. The van der Waals surface area contributed by atoms with E-state index in [1.165, 1.54) is 60.7 Å². The molecule has 0 saturated heterocycles. The van der Waals surface area contributed by atoms with Crippen molar-refractivity contribution in [1.29, 1.82) is 0 Å². The molecule has 0 spiro atoms. The number of nitrogens with zero attached hydrogens (tertiary/aromatic N) is 2. The highest BCUT2D eigenvalue weighted by Gasteiger charge is 2.36. The summed E-state index contributed by atoms with van der Waals surface area (Å²) in [5, 5.41) is 4.96. The summed E-state index contributed by atoms with van der Waals surface area (Å²) in [7, 11) is 0. The highest BCUT2D eigenvalue weighted by atomic mass is 14.9. The molecular formula is C51H36N2. The Morgan fingerprint density at radius 2 is 0.887 bits per heavy atom. The summed E-state index contributed by atoms with van der Waals surface area (Å²) in [5.74, 6) is 0.720. The molecule has 0 N–H and O–H groups in total. The van der Waals surface area contributed by atoms with Crippen LogP contribution in [0.2, 0.25) is 0 Å². The zero-order valence-corrected chi connectivity index (χ0v) is 29.7. The molecule has 2 nitrogen and oxygen atoms in total. The zero-order valence-electron chi connectivity index (χ0n) is 29.7. The summed E-state index contributed by atoms with van der Waals surface area (Å²) in [4.78, 5) is 10.3. The predicted octanol–water partition coefficient (Wildman–Crippen LogP) is 13.4. The lowest BCUT2D eigenvalue weighted by Gasteiger charge is -2.23. The van der Waals surface area contributed by atoms with E-state index >= 15 is 0 Å². The van der Waals surface area contributed by atoms with Crippen molar-refractivity contribution in [3.63, 3.8) is 0 Å². The Morgan fingerprint density at radius 3 is 1.57 bits per heavy atom. The molecular weight excluding hydrogens is 641 g/mol. The second kappa shape index (κ2) is 12.3. The average molecular weight is 677 g/mol. The number of hydrogen-bond donors (Lipinski definition) is 0. The van der Waals surface area contributed by atoms with Crippen molar-refractivity contribution in [2.45, 2.75) is 19.3 Å². The minimum absolute atomic E-state index is 0.0574. The summed E-state index contributed by atoms with van der Waals surface area (Å²) >= 11 is 0. The number of benzene rings is 8. The Kier molecular flexibility index (Phi) is 7.19. The fraction of sp³-hybridized carbons (Fsp3) is 0.0588. The van der Waals surface area contributed by atoms with E-state index in [1.54, 1.807) is 0 Å². The molecule has 1 aliphatic rings. The topological polar surface area (TPSA) is 25.8 Å². The summed E-state index contributed by atoms with van der Waals surface area (Å²) < 4.78 is 0. The molecule has 53 heavy (non-hydrogen) atoms. The third kappa shape index (κ3) is 5.18. The van der Waals surface area contributed by atoms with Gasteiger partial charge in [0.1, 0.15) is 0 Å². The minimum Gasteiger partial charge on any atom is -0.228 e. The molecule has 0 fully saturated rings. The Balaban J connectivity index is 1.04. The van der Waals surface area contributed by atoms with E-state index in [1.807, 2.05) is 12.1 Å². The van der Waals surface area contributed by atoms with Crippen LogP contribution in [0, 0.1) is 0 Å². The largest absolute Gasteiger partial charge is 0.228 e. The van der Waals surface area contributed by atoms with Crippen LogP contribution in [0.5, 0.6) is 0 Å². The van der Waals surface area contributed by atoms with E-state index in [4.69, 9.17) is 9.97 Å². The molecule has 0 radical (unpaired) electrons. The summed E-state index contributed by atoms with van der Waals surface area (Å²) in [6.07, 6.45) is 0. The van der Waals surface area contributed by atoms with Crippen LogP contribution >= 0.6 is 0 Å². The maximum atomic E-state index is 5.15. The lowest BCUT2D eigenvalue weighted by atomic mass is 9.80. The van der Waals surface area contributed by atoms with Gasteiger partial charge in [0.2, 0.25) is 0 Å². The monoisotopic (exact) mass is 676 g/mol. The van der Waals surface area contributed by atoms with Gasteiger partial charge in [-0.3, -0.25) is 0 Å². The van der Waals surface area contributed by atoms with E-state index in [0.29, 0.717) is 0 Å². The Labute approximate surface area is 310 Å². The molecule has 0 unspecified atom stereocenters. The second-order valence-corrected chi connectivity index (χ2v) is 14.6. The van der Waals surface area contributed by atoms with Crippen molar-refractivity contribution in [3.05, 3.63) is 193 Å². The van der Waals surface area contributed by atoms with Crippen molar-refractivity contribution in [3.8, 4) is 67.3 Å². The molecule has 0 atom stereocenters. The first kappa shape index (κ1) is 31.1. The molecule has 0 amide bonds. The van der Waals surface area contributed by atoms with Crippen LogP contribution in [0.1, 0.15) is 25.0 Å². The van der Waals surface area contributed by atoms with Crippen molar-refractivity contribution >= 4 is 21.5 Å². The van der Waals surface area contributed by atoms with Gasteiger partial charge < -0.3 is 0 Å². The van der Waals surface area contributed by atoms with Gasteiger partial charge in [-0.25, -0.2) is 9.97 Å². The van der Waals surface area contributed by atoms with Gasteiger partial charge in [0.25, 0.3) is 0 Å². The normalized spacial score (nSPS) is 12.9. The minimum atomic E-state index is -0.0574. The first-order valence-corrected chi connectivity index (χ1v) is 18.3. The summed E-state index contributed by atoms with van der Waals surface area (Å²) in [6.45, 7) is 4.73. The first-order valence-electron chi connectivity index (χ1n) is 18.3. The van der Waals surface area contributed by atoms with Crippen LogP contribution in [0.3, 0.4) is 0 Å². The lowest BCUT2D eigenvalue weighted by Crippen LogP contribution is -2.15. The van der Waals surface area contributed by atoms with Gasteiger partial charge in [-0.05, 0) is 84.3 Å².